The number of hydrogen-bond donors (Lipinski definition) is 1. The first-order valence-electron chi connectivity index (χ1n) is 7.03. The number of nitrogens with zero attached hydrogens (tertiary/aromatic N) is 3. The van der Waals surface area contributed by atoms with Crippen LogP contribution in [0, 0.1) is 0 Å². The predicted octanol–water partition coefficient (Wildman–Crippen LogP) is 2.57. The molecule has 1 aliphatic heterocycles. The maximum Gasteiger partial charge on any atom is 0.141 e. The van der Waals surface area contributed by atoms with E-state index < -0.39 is 0 Å². The van der Waals surface area contributed by atoms with Crippen molar-refractivity contribution in [3.05, 3.63) is 17.3 Å². The molecule has 1 fully saturated rings. The zero-order chi connectivity index (χ0) is 13.2. The van der Waals surface area contributed by atoms with Gasteiger partial charge in [-0.25, -0.2) is 9.97 Å². The van der Waals surface area contributed by atoms with Crippen LogP contribution in [0.15, 0.2) is 12.4 Å². The minimum absolute atomic E-state index is 0.428. The van der Waals surface area contributed by atoms with Crippen LogP contribution in [0.2, 0.25) is 0 Å². The van der Waals surface area contributed by atoms with E-state index in [1.807, 2.05) is 0 Å². The first kappa shape index (κ1) is 12.8. The first-order chi connectivity index (χ1) is 9.33. The summed E-state index contributed by atoms with van der Waals surface area (Å²) < 4.78 is 0. The highest BCUT2D eigenvalue weighted by Gasteiger charge is 2.24. The van der Waals surface area contributed by atoms with Crippen molar-refractivity contribution in [2.45, 2.75) is 38.6 Å². The van der Waals surface area contributed by atoms with Crippen molar-refractivity contribution in [2.75, 3.05) is 18.0 Å². The lowest BCUT2D eigenvalue weighted by Gasteiger charge is -2.36. The van der Waals surface area contributed by atoms with Gasteiger partial charge in [-0.2, -0.15) is 0 Å². The SMILES string of the molecule is CCc1cc2c(N3CCCCC3CN)ncnc2s1. The molecule has 3 rings (SSSR count). The van der Waals surface area contributed by atoms with Crippen LogP contribution in [0.1, 0.15) is 31.1 Å². The first-order valence-corrected chi connectivity index (χ1v) is 7.85. The fourth-order valence-corrected chi connectivity index (χ4v) is 3.75. The van der Waals surface area contributed by atoms with Gasteiger partial charge in [0.1, 0.15) is 17.0 Å². The Morgan fingerprint density at radius 1 is 1.42 bits per heavy atom. The number of aromatic nitrogens is 2. The van der Waals surface area contributed by atoms with Crippen LogP contribution in [-0.2, 0) is 6.42 Å². The predicted molar refractivity (Wildman–Crippen MR) is 80.8 cm³/mol. The summed E-state index contributed by atoms with van der Waals surface area (Å²) in [5, 5.41) is 1.20. The van der Waals surface area contributed by atoms with Gasteiger partial charge in [-0.3, -0.25) is 0 Å². The van der Waals surface area contributed by atoms with Gasteiger partial charge in [0.2, 0.25) is 0 Å². The maximum absolute atomic E-state index is 5.92. The number of aryl methyl sites for hydroxylation is 1. The van der Waals surface area contributed by atoms with Crippen LogP contribution in [0.5, 0.6) is 0 Å². The second kappa shape index (κ2) is 5.43. The average Bonchev–Trinajstić information content (AvgIpc) is 2.90. The van der Waals surface area contributed by atoms with E-state index in [0.717, 1.165) is 23.6 Å². The monoisotopic (exact) mass is 276 g/mol. The lowest BCUT2D eigenvalue weighted by Crippen LogP contribution is -2.44. The van der Waals surface area contributed by atoms with E-state index in [1.165, 1.54) is 29.5 Å². The Hall–Kier alpha value is -1.20. The molecule has 5 heteroatoms. The normalized spacial score (nSPS) is 20.1. The summed E-state index contributed by atoms with van der Waals surface area (Å²) in [7, 11) is 0. The van der Waals surface area contributed by atoms with Crippen molar-refractivity contribution in [3.8, 4) is 0 Å². The second-order valence-corrected chi connectivity index (χ2v) is 6.18. The lowest BCUT2D eigenvalue weighted by atomic mass is 10.0. The highest BCUT2D eigenvalue weighted by atomic mass is 32.1. The summed E-state index contributed by atoms with van der Waals surface area (Å²) >= 11 is 1.78. The molecule has 3 heterocycles. The van der Waals surface area contributed by atoms with Crippen LogP contribution in [-0.4, -0.2) is 29.1 Å². The van der Waals surface area contributed by atoms with Gasteiger partial charge in [0, 0.05) is 24.0 Å². The van der Waals surface area contributed by atoms with Crippen molar-refractivity contribution in [1.29, 1.82) is 0 Å². The summed E-state index contributed by atoms with van der Waals surface area (Å²) in [6, 6.07) is 2.68. The summed E-state index contributed by atoms with van der Waals surface area (Å²) in [6.45, 7) is 3.95. The molecule has 2 aromatic rings. The third-order valence-corrected chi connectivity index (χ3v) is 5.07. The van der Waals surface area contributed by atoms with Crippen molar-refractivity contribution in [3.63, 3.8) is 0 Å². The van der Waals surface area contributed by atoms with Gasteiger partial charge in [0.15, 0.2) is 0 Å². The Balaban J connectivity index is 2.05. The summed E-state index contributed by atoms with van der Waals surface area (Å²) in [6.07, 6.45) is 6.42. The molecule has 1 unspecified atom stereocenters. The number of anilines is 1. The number of piperidine rings is 1. The van der Waals surface area contributed by atoms with Crippen molar-refractivity contribution in [1.82, 2.24) is 9.97 Å². The smallest absolute Gasteiger partial charge is 0.141 e. The number of nitrogens with two attached hydrogens (primary N) is 1. The van der Waals surface area contributed by atoms with Gasteiger partial charge in [0.25, 0.3) is 0 Å². The molecule has 1 saturated heterocycles. The van der Waals surface area contributed by atoms with Crippen molar-refractivity contribution in [2.24, 2.45) is 5.73 Å². The largest absolute Gasteiger partial charge is 0.352 e. The van der Waals surface area contributed by atoms with Crippen LogP contribution < -0.4 is 10.6 Å². The molecular weight excluding hydrogens is 256 g/mol. The zero-order valence-electron chi connectivity index (χ0n) is 11.3. The van der Waals surface area contributed by atoms with E-state index in [1.54, 1.807) is 17.7 Å². The van der Waals surface area contributed by atoms with Gasteiger partial charge >= 0.3 is 0 Å². The summed E-state index contributed by atoms with van der Waals surface area (Å²) in [5.74, 6) is 1.08. The van der Waals surface area contributed by atoms with Gasteiger partial charge in [-0.1, -0.05) is 6.92 Å². The minimum atomic E-state index is 0.428. The van der Waals surface area contributed by atoms with Gasteiger partial charge < -0.3 is 10.6 Å². The molecule has 0 aliphatic carbocycles. The maximum atomic E-state index is 5.92. The number of fused-ring (bicyclic) bond motifs is 1. The molecule has 0 amide bonds. The third-order valence-electron chi connectivity index (χ3n) is 3.88. The molecule has 2 aromatic heterocycles. The Kier molecular flexibility index (Phi) is 3.66. The van der Waals surface area contributed by atoms with E-state index in [2.05, 4.69) is 27.9 Å². The fraction of sp³-hybridized carbons (Fsp3) is 0.571. The molecule has 19 heavy (non-hydrogen) atoms. The quantitative estimate of drug-likeness (QED) is 0.936. The Bertz CT molecular complexity index is 566. The Morgan fingerprint density at radius 3 is 3.11 bits per heavy atom. The highest BCUT2D eigenvalue weighted by Crippen LogP contribution is 2.33. The van der Waals surface area contributed by atoms with Crippen molar-refractivity contribution < 1.29 is 0 Å². The lowest BCUT2D eigenvalue weighted by molar-refractivity contribution is 0.463. The second-order valence-electron chi connectivity index (χ2n) is 5.06. The molecule has 2 N–H and O–H groups in total. The molecule has 0 spiro atoms. The number of thiophene rings is 1. The molecule has 0 bridgehead atoms. The number of hydrogen-bond acceptors (Lipinski definition) is 5. The van der Waals surface area contributed by atoms with Crippen LogP contribution >= 0.6 is 11.3 Å². The molecular formula is C14H20N4S. The standard InChI is InChI=1S/C14H20N4S/c1-2-11-7-12-13(16-9-17-14(12)19-11)18-6-4-3-5-10(18)8-15/h7,9-10H,2-6,8,15H2,1H3. The number of rotatable bonds is 3. The summed E-state index contributed by atoms with van der Waals surface area (Å²) in [5.41, 5.74) is 5.92. The van der Waals surface area contributed by atoms with E-state index in [0.29, 0.717) is 12.6 Å². The molecule has 0 saturated carbocycles. The molecule has 1 atom stereocenters. The van der Waals surface area contributed by atoms with E-state index in [4.69, 9.17) is 5.73 Å². The molecule has 102 valence electrons. The van der Waals surface area contributed by atoms with Crippen LogP contribution in [0.3, 0.4) is 0 Å². The van der Waals surface area contributed by atoms with E-state index >= 15 is 0 Å². The topological polar surface area (TPSA) is 55.0 Å². The van der Waals surface area contributed by atoms with Gasteiger partial charge in [-0.05, 0) is 31.7 Å². The summed E-state index contributed by atoms with van der Waals surface area (Å²) in [4.78, 5) is 13.8. The molecule has 1 aliphatic rings. The highest BCUT2D eigenvalue weighted by molar-refractivity contribution is 7.18. The van der Waals surface area contributed by atoms with E-state index in [9.17, 15) is 0 Å². The zero-order valence-corrected chi connectivity index (χ0v) is 12.1. The molecule has 4 nitrogen and oxygen atoms in total. The van der Waals surface area contributed by atoms with Gasteiger partial charge in [0.05, 0.1) is 5.39 Å². The Labute approximate surface area is 117 Å². The van der Waals surface area contributed by atoms with E-state index in [-0.39, 0.29) is 0 Å². The fourth-order valence-electron chi connectivity index (χ4n) is 2.82. The Morgan fingerprint density at radius 2 is 2.32 bits per heavy atom. The molecule has 0 aromatic carbocycles. The average molecular weight is 276 g/mol. The molecule has 0 radical (unpaired) electrons. The van der Waals surface area contributed by atoms with Crippen LogP contribution in [0.25, 0.3) is 10.2 Å². The van der Waals surface area contributed by atoms with Crippen molar-refractivity contribution >= 4 is 27.4 Å². The third kappa shape index (κ3) is 2.32. The van der Waals surface area contributed by atoms with Gasteiger partial charge in [-0.15, -0.1) is 11.3 Å². The van der Waals surface area contributed by atoms with Crippen LogP contribution in [0.4, 0.5) is 5.82 Å². The minimum Gasteiger partial charge on any atom is -0.352 e.